The van der Waals surface area contributed by atoms with Gasteiger partial charge < -0.3 is 14.3 Å². The molecule has 2 aromatic rings. The minimum Gasteiger partial charge on any atom is -0.507 e. The van der Waals surface area contributed by atoms with Gasteiger partial charge in [0.05, 0.1) is 19.8 Å². The standard InChI is InChI=1S/C13H12O5/c1-7(14)12-10(15)4-3-9-8(5-11(16)17-2)6-18-13(9)12/h3-4,6,15H,5H2,1-2H3. The molecule has 0 aliphatic carbocycles. The summed E-state index contributed by atoms with van der Waals surface area (Å²) in [7, 11) is 1.30. The third-order valence-corrected chi connectivity index (χ3v) is 2.72. The van der Waals surface area contributed by atoms with Crippen LogP contribution in [0.1, 0.15) is 22.8 Å². The Morgan fingerprint density at radius 1 is 1.39 bits per heavy atom. The summed E-state index contributed by atoms with van der Waals surface area (Å²) in [5, 5.41) is 10.3. The molecule has 18 heavy (non-hydrogen) atoms. The Morgan fingerprint density at radius 2 is 2.11 bits per heavy atom. The van der Waals surface area contributed by atoms with Crippen molar-refractivity contribution in [2.45, 2.75) is 13.3 Å². The molecule has 5 heteroatoms. The average Bonchev–Trinajstić information content (AvgIpc) is 2.71. The first-order valence-electron chi connectivity index (χ1n) is 5.34. The lowest BCUT2D eigenvalue weighted by atomic mass is 10.0. The Kier molecular flexibility index (Phi) is 3.06. The number of furan rings is 1. The van der Waals surface area contributed by atoms with E-state index in [1.807, 2.05) is 0 Å². The fourth-order valence-corrected chi connectivity index (χ4v) is 1.85. The summed E-state index contributed by atoms with van der Waals surface area (Å²) in [6.45, 7) is 1.34. The van der Waals surface area contributed by atoms with E-state index in [2.05, 4.69) is 4.74 Å². The van der Waals surface area contributed by atoms with Crippen molar-refractivity contribution in [1.29, 1.82) is 0 Å². The van der Waals surface area contributed by atoms with Crippen molar-refractivity contribution in [3.05, 3.63) is 29.5 Å². The van der Waals surface area contributed by atoms with Crippen LogP contribution in [0, 0.1) is 0 Å². The topological polar surface area (TPSA) is 76.7 Å². The van der Waals surface area contributed by atoms with Gasteiger partial charge in [-0.05, 0) is 19.1 Å². The van der Waals surface area contributed by atoms with Crippen LogP contribution >= 0.6 is 0 Å². The lowest BCUT2D eigenvalue weighted by Gasteiger charge is -2.01. The molecule has 0 aliphatic rings. The molecule has 0 saturated carbocycles. The van der Waals surface area contributed by atoms with Crippen molar-refractivity contribution in [3.8, 4) is 5.75 Å². The number of phenolic OH excluding ortho intramolecular Hbond substituents is 1. The second-order valence-electron chi connectivity index (χ2n) is 3.91. The molecule has 0 bridgehead atoms. The van der Waals surface area contributed by atoms with Crippen LogP contribution in [0.3, 0.4) is 0 Å². The number of aromatic hydroxyl groups is 1. The fourth-order valence-electron chi connectivity index (χ4n) is 1.85. The highest BCUT2D eigenvalue weighted by molar-refractivity contribution is 6.08. The molecule has 0 fully saturated rings. The van der Waals surface area contributed by atoms with Gasteiger partial charge in [-0.2, -0.15) is 0 Å². The number of fused-ring (bicyclic) bond motifs is 1. The summed E-state index contributed by atoms with van der Waals surface area (Å²) in [4.78, 5) is 22.7. The van der Waals surface area contributed by atoms with Gasteiger partial charge in [0.2, 0.25) is 0 Å². The van der Waals surface area contributed by atoms with Gasteiger partial charge in [0.25, 0.3) is 0 Å². The van der Waals surface area contributed by atoms with E-state index in [0.29, 0.717) is 16.5 Å². The van der Waals surface area contributed by atoms with E-state index in [9.17, 15) is 14.7 Å². The molecule has 1 aromatic heterocycles. The monoisotopic (exact) mass is 248 g/mol. The summed E-state index contributed by atoms with van der Waals surface area (Å²) in [5.74, 6) is -0.818. The SMILES string of the molecule is COC(=O)Cc1coc2c(C(C)=O)c(O)ccc12. The predicted molar refractivity (Wildman–Crippen MR) is 63.6 cm³/mol. The van der Waals surface area contributed by atoms with Crippen molar-refractivity contribution >= 4 is 22.7 Å². The van der Waals surface area contributed by atoms with Gasteiger partial charge in [-0.1, -0.05) is 0 Å². The van der Waals surface area contributed by atoms with Crippen molar-refractivity contribution in [1.82, 2.24) is 0 Å². The van der Waals surface area contributed by atoms with Crippen molar-refractivity contribution < 1.29 is 23.8 Å². The number of ketones is 1. The maximum absolute atomic E-state index is 11.5. The van der Waals surface area contributed by atoms with E-state index in [1.54, 1.807) is 6.07 Å². The molecule has 0 unspecified atom stereocenters. The van der Waals surface area contributed by atoms with E-state index in [0.717, 1.165) is 0 Å². The highest BCUT2D eigenvalue weighted by atomic mass is 16.5. The second-order valence-corrected chi connectivity index (χ2v) is 3.91. The van der Waals surface area contributed by atoms with Gasteiger partial charge in [0, 0.05) is 10.9 Å². The number of methoxy groups -OCH3 is 1. The minimum atomic E-state index is -0.393. The number of esters is 1. The van der Waals surface area contributed by atoms with Gasteiger partial charge in [-0.15, -0.1) is 0 Å². The normalized spacial score (nSPS) is 10.6. The summed E-state index contributed by atoms with van der Waals surface area (Å²) in [5.41, 5.74) is 1.05. The number of carbonyl (C=O) groups is 2. The summed E-state index contributed by atoms with van der Waals surface area (Å²) >= 11 is 0. The summed E-state index contributed by atoms with van der Waals surface area (Å²) in [6, 6.07) is 3.02. The molecule has 1 aromatic carbocycles. The third kappa shape index (κ3) is 1.95. The average molecular weight is 248 g/mol. The van der Waals surface area contributed by atoms with E-state index in [4.69, 9.17) is 4.42 Å². The first-order chi connectivity index (χ1) is 8.54. The molecule has 0 spiro atoms. The molecule has 0 saturated heterocycles. The third-order valence-electron chi connectivity index (χ3n) is 2.72. The lowest BCUT2D eigenvalue weighted by molar-refractivity contribution is -0.139. The molecule has 0 atom stereocenters. The summed E-state index contributed by atoms with van der Waals surface area (Å²) in [6.07, 6.45) is 1.46. The fraction of sp³-hybridized carbons (Fsp3) is 0.231. The molecule has 1 heterocycles. The van der Waals surface area contributed by atoms with Crippen LogP contribution in [0.4, 0.5) is 0 Å². The number of carbonyl (C=O) groups excluding carboxylic acids is 2. The lowest BCUT2D eigenvalue weighted by Crippen LogP contribution is -2.03. The highest BCUT2D eigenvalue weighted by Gasteiger charge is 2.18. The zero-order chi connectivity index (χ0) is 13.3. The first-order valence-corrected chi connectivity index (χ1v) is 5.34. The van der Waals surface area contributed by atoms with E-state index < -0.39 is 5.97 Å². The molecular formula is C13H12O5. The molecule has 94 valence electrons. The zero-order valence-corrected chi connectivity index (χ0v) is 10.0. The molecule has 0 amide bonds. The molecule has 2 rings (SSSR count). The van der Waals surface area contributed by atoms with E-state index in [1.165, 1.54) is 26.4 Å². The number of ether oxygens (including phenoxy) is 1. The number of hydrogen-bond donors (Lipinski definition) is 1. The Labute approximate surface area is 103 Å². The van der Waals surface area contributed by atoms with Crippen molar-refractivity contribution in [2.24, 2.45) is 0 Å². The van der Waals surface area contributed by atoms with Crippen LogP contribution in [0.25, 0.3) is 11.0 Å². The maximum atomic E-state index is 11.5. The van der Waals surface area contributed by atoms with Crippen LogP contribution < -0.4 is 0 Å². The number of rotatable bonds is 3. The van der Waals surface area contributed by atoms with Gasteiger partial charge in [0.15, 0.2) is 5.78 Å². The van der Waals surface area contributed by atoms with Gasteiger partial charge >= 0.3 is 5.97 Å². The zero-order valence-electron chi connectivity index (χ0n) is 10.0. The van der Waals surface area contributed by atoms with Crippen molar-refractivity contribution in [2.75, 3.05) is 7.11 Å². The largest absolute Gasteiger partial charge is 0.507 e. The first kappa shape index (κ1) is 12.2. The van der Waals surface area contributed by atoms with Crippen LogP contribution in [-0.2, 0) is 16.0 Å². The number of Topliss-reactive ketones (excluding diaryl/α,β-unsaturated/α-hetero) is 1. The Hall–Kier alpha value is -2.30. The van der Waals surface area contributed by atoms with Crippen LogP contribution in [-0.4, -0.2) is 24.0 Å². The molecule has 5 nitrogen and oxygen atoms in total. The number of benzene rings is 1. The molecule has 1 N–H and O–H groups in total. The molecule has 0 radical (unpaired) electrons. The number of hydrogen-bond acceptors (Lipinski definition) is 5. The second kappa shape index (κ2) is 4.52. The quantitative estimate of drug-likeness (QED) is 0.664. The van der Waals surface area contributed by atoms with Crippen LogP contribution in [0.2, 0.25) is 0 Å². The van der Waals surface area contributed by atoms with Crippen LogP contribution in [0.15, 0.2) is 22.8 Å². The Bertz CT molecular complexity index is 624. The summed E-state index contributed by atoms with van der Waals surface area (Å²) < 4.78 is 9.86. The minimum absolute atomic E-state index is 0.0611. The highest BCUT2D eigenvalue weighted by Crippen LogP contribution is 2.31. The molecular weight excluding hydrogens is 236 g/mol. The van der Waals surface area contributed by atoms with Gasteiger partial charge in [0.1, 0.15) is 16.9 Å². The van der Waals surface area contributed by atoms with Gasteiger partial charge in [-0.3, -0.25) is 9.59 Å². The Morgan fingerprint density at radius 3 is 2.72 bits per heavy atom. The van der Waals surface area contributed by atoms with Crippen LogP contribution in [0.5, 0.6) is 5.75 Å². The van der Waals surface area contributed by atoms with Crippen molar-refractivity contribution in [3.63, 3.8) is 0 Å². The van der Waals surface area contributed by atoms with Gasteiger partial charge in [-0.25, -0.2) is 0 Å². The number of phenols is 1. The predicted octanol–water partition coefficient (Wildman–Crippen LogP) is 2.06. The molecule has 0 aliphatic heterocycles. The van der Waals surface area contributed by atoms with E-state index >= 15 is 0 Å². The smallest absolute Gasteiger partial charge is 0.310 e. The van der Waals surface area contributed by atoms with E-state index in [-0.39, 0.29) is 23.5 Å². The maximum Gasteiger partial charge on any atom is 0.310 e. The Balaban J connectivity index is 2.58.